The number of amides is 1. The molecule has 1 aromatic heterocycles. The fourth-order valence-corrected chi connectivity index (χ4v) is 6.18. The molecule has 0 fully saturated rings. The molecule has 1 atom stereocenters. The lowest BCUT2D eigenvalue weighted by Crippen LogP contribution is -2.40. The van der Waals surface area contributed by atoms with Crippen LogP contribution in [0.3, 0.4) is 0 Å². The van der Waals surface area contributed by atoms with E-state index in [0.717, 1.165) is 22.2 Å². The Morgan fingerprint density at radius 1 is 1.06 bits per heavy atom. The monoisotopic (exact) mass is 546 g/mol. The van der Waals surface area contributed by atoms with Gasteiger partial charge in [-0.2, -0.15) is 0 Å². The molecule has 0 aliphatic carbocycles. The average molecular weight is 547 g/mol. The highest BCUT2D eigenvalue weighted by Gasteiger charge is 2.17. The van der Waals surface area contributed by atoms with Crippen molar-refractivity contribution in [3.8, 4) is 5.75 Å². The first kappa shape index (κ1) is 28.2. The zero-order valence-corrected chi connectivity index (χ0v) is 23.0. The summed E-state index contributed by atoms with van der Waals surface area (Å²) in [4.78, 5) is 27.9. The number of hydrogen-bond acceptors (Lipinski definition) is 6. The number of aromatic nitrogens is 1. The van der Waals surface area contributed by atoms with E-state index in [1.54, 1.807) is 23.5 Å². The quantitative estimate of drug-likeness (QED) is 0.244. The lowest BCUT2D eigenvalue weighted by Gasteiger charge is -2.21. The Morgan fingerprint density at radius 3 is 2.50 bits per heavy atom. The minimum absolute atomic E-state index is 0.00513. The molecule has 36 heavy (non-hydrogen) atoms. The van der Waals surface area contributed by atoms with Crippen LogP contribution in [0, 0.1) is 0 Å². The average Bonchev–Trinajstić information content (AvgIpc) is 2.80. The topological polar surface area (TPSA) is 88.5 Å². The van der Waals surface area contributed by atoms with E-state index in [-0.39, 0.29) is 22.4 Å². The minimum atomic E-state index is -0.822. The zero-order valence-electron chi connectivity index (χ0n) is 20.6. The van der Waals surface area contributed by atoms with Crippen LogP contribution in [0.15, 0.2) is 54.6 Å². The Bertz CT molecular complexity index is 1200. The van der Waals surface area contributed by atoms with E-state index in [1.165, 1.54) is 0 Å². The van der Waals surface area contributed by atoms with Gasteiger partial charge >= 0.3 is 5.97 Å². The van der Waals surface area contributed by atoms with Gasteiger partial charge in [0.05, 0.1) is 22.2 Å². The molecular formula is C27H31ClN2O4S2. The Hall–Kier alpha value is -2.42. The maximum absolute atomic E-state index is 12.2. The van der Waals surface area contributed by atoms with Crippen LogP contribution >= 0.6 is 35.1 Å². The zero-order chi connectivity index (χ0) is 26.1. The van der Waals surface area contributed by atoms with Crippen LogP contribution in [0.2, 0.25) is 5.02 Å². The standard InChI is InChI=1S/C27H31ClN2O4S2/c1-27(2,3)30-24(31)11-13-35-26(36-14-12-25(32)33)19-5-4-6-22(15-19)34-17-21-10-8-18-7-9-20(28)16-23(18)29-21/h4-10,15-16,26H,11-14,17H2,1-3H3,(H,30,31)(H,32,33). The summed E-state index contributed by atoms with van der Waals surface area (Å²) >= 11 is 9.30. The molecule has 0 radical (unpaired) electrons. The van der Waals surface area contributed by atoms with Crippen LogP contribution in [0.1, 0.15) is 49.5 Å². The maximum Gasteiger partial charge on any atom is 0.304 e. The smallest absolute Gasteiger partial charge is 0.304 e. The molecule has 2 N–H and O–H groups in total. The Kier molecular flexibility index (Phi) is 10.3. The van der Waals surface area contributed by atoms with Gasteiger partial charge in [0.15, 0.2) is 0 Å². The second-order valence-corrected chi connectivity index (χ2v) is 12.4. The van der Waals surface area contributed by atoms with Crippen molar-refractivity contribution in [2.45, 2.75) is 50.3 Å². The van der Waals surface area contributed by atoms with Crippen molar-refractivity contribution in [2.75, 3.05) is 11.5 Å². The van der Waals surface area contributed by atoms with E-state index in [1.807, 2.05) is 75.4 Å². The fourth-order valence-electron chi connectivity index (χ4n) is 3.35. The lowest BCUT2D eigenvalue weighted by atomic mass is 10.1. The predicted octanol–water partition coefficient (Wildman–Crippen LogP) is 6.71. The van der Waals surface area contributed by atoms with Crippen molar-refractivity contribution < 1.29 is 19.4 Å². The number of carbonyl (C=O) groups excluding carboxylic acids is 1. The van der Waals surface area contributed by atoms with Crippen molar-refractivity contribution in [3.63, 3.8) is 0 Å². The minimum Gasteiger partial charge on any atom is -0.487 e. The summed E-state index contributed by atoms with van der Waals surface area (Å²) in [7, 11) is 0. The number of ether oxygens (including phenoxy) is 1. The molecular weight excluding hydrogens is 516 g/mol. The van der Waals surface area contributed by atoms with Gasteiger partial charge in [-0.1, -0.05) is 35.9 Å². The summed E-state index contributed by atoms with van der Waals surface area (Å²) in [6.45, 7) is 6.17. The van der Waals surface area contributed by atoms with Crippen LogP contribution in [-0.2, 0) is 16.2 Å². The number of aliphatic carboxylic acids is 1. The summed E-state index contributed by atoms with van der Waals surface area (Å²) in [5.41, 5.74) is 2.36. The number of nitrogens with one attached hydrogen (secondary N) is 1. The molecule has 3 rings (SSSR count). The van der Waals surface area contributed by atoms with Gasteiger partial charge in [-0.3, -0.25) is 9.59 Å². The predicted molar refractivity (Wildman–Crippen MR) is 150 cm³/mol. The lowest BCUT2D eigenvalue weighted by molar-refractivity contribution is -0.136. The highest BCUT2D eigenvalue weighted by molar-refractivity contribution is 8.16. The van der Waals surface area contributed by atoms with Crippen LogP contribution < -0.4 is 10.1 Å². The van der Waals surface area contributed by atoms with Gasteiger partial charge in [0.1, 0.15) is 12.4 Å². The molecule has 0 aliphatic heterocycles. The number of pyridine rings is 1. The number of thioether (sulfide) groups is 2. The van der Waals surface area contributed by atoms with E-state index in [4.69, 9.17) is 21.4 Å². The van der Waals surface area contributed by atoms with E-state index in [2.05, 4.69) is 10.3 Å². The highest BCUT2D eigenvalue weighted by atomic mass is 35.5. The number of carboxylic acid groups (broad SMARTS) is 1. The van der Waals surface area contributed by atoms with E-state index >= 15 is 0 Å². The van der Waals surface area contributed by atoms with Crippen molar-refractivity contribution in [1.29, 1.82) is 0 Å². The van der Waals surface area contributed by atoms with Crippen molar-refractivity contribution >= 4 is 57.9 Å². The molecule has 9 heteroatoms. The molecule has 0 bridgehead atoms. The SMILES string of the molecule is CC(C)(C)NC(=O)CCSC(SCCC(=O)O)c1cccc(OCc2ccc3ccc(Cl)cc3n2)c1. The third-order valence-corrected chi connectivity index (χ3v) is 8.01. The molecule has 2 aromatic carbocycles. The Morgan fingerprint density at radius 2 is 1.78 bits per heavy atom. The fraction of sp³-hybridized carbons (Fsp3) is 0.370. The highest BCUT2D eigenvalue weighted by Crippen LogP contribution is 2.41. The molecule has 1 heterocycles. The summed E-state index contributed by atoms with van der Waals surface area (Å²) in [6.07, 6.45) is 0.478. The number of rotatable bonds is 12. The molecule has 0 saturated carbocycles. The third kappa shape index (κ3) is 9.56. The number of halogens is 1. The van der Waals surface area contributed by atoms with E-state index in [9.17, 15) is 9.59 Å². The van der Waals surface area contributed by atoms with Gasteiger partial charge in [0.25, 0.3) is 0 Å². The van der Waals surface area contributed by atoms with Crippen molar-refractivity contribution in [1.82, 2.24) is 10.3 Å². The molecule has 1 unspecified atom stereocenters. The third-order valence-electron chi connectivity index (χ3n) is 4.93. The van der Waals surface area contributed by atoms with Gasteiger partial charge < -0.3 is 15.2 Å². The second kappa shape index (κ2) is 13.2. The number of carbonyl (C=O) groups is 2. The maximum atomic E-state index is 12.2. The first-order chi connectivity index (χ1) is 17.1. The molecule has 1 amide bonds. The van der Waals surface area contributed by atoms with Gasteiger partial charge in [0, 0.05) is 33.9 Å². The first-order valence-corrected chi connectivity index (χ1v) is 14.1. The molecule has 6 nitrogen and oxygen atoms in total. The van der Waals surface area contributed by atoms with Gasteiger partial charge in [-0.25, -0.2) is 4.98 Å². The van der Waals surface area contributed by atoms with Crippen LogP contribution in [-0.4, -0.2) is 39.0 Å². The normalized spacial score (nSPS) is 12.3. The van der Waals surface area contributed by atoms with Crippen molar-refractivity contribution in [3.05, 3.63) is 70.9 Å². The number of fused-ring (bicyclic) bond motifs is 1. The number of carboxylic acids is 1. The number of nitrogens with zero attached hydrogens (tertiary/aromatic N) is 1. The second-order valence-electron chi connectivity index (χ2n) is 9.27. The molecule has 0 aliphatic rings. The van der Waals surface area contributed by atoms with Gasteiger partial charge in [-0.05, 0) is 56.7 Å². The summed E-state index contributed by atoms with van der Waals surface area (Å²) in [6, 6.07) is 17.3. The number of hydrogen-bond donors (Lipinski definition) is 2. The van der Waals surface area contributed by atoms with Crippen LogP contribution in [0.5, 0.6) is 5.75 Å². The van der Waals surface area contributed by atoms with Crippen LogP contribution in [0.25, 0.3) is 10.9 Å². The molecule has 0 saturated heterocycles. The largest absolute Gasteiger partial charge is 0.487 e. The van der Waals surface area contributed by atoms with E-state index < -0.39 is 5.97 Å². The molecule has 0 spiro atoms. The van der Waals surface area contributed by atoms with Crippen molar-refractivity contribution in [2.24, 2.45) is 0 Å². The van der Waals surface area contributed by atoms with Gasteiger partial charge in [-0.15, -0.1) is 23.5 Å². The summed E-state index contributed by atoms with van der Waals surface area (Å²) in [5.74, 6) is 0.995. The molecule has 3 aromatic rings. The molecule has 192 valence electrons. The number of benzene rings is 2. The summed E-state index contributed by atoms with van der Waals surface area (Å²) < 4.78 is 6.01. The summed E-state index contributed by atoms with van der Waals surface area (Å²) in [5, 5.41) is 13.7. The van der Waals surface area contributed by atoms with Gasteiger partial charge in [0.2, 0.25) is 5.91 Å². The Balaban J connectivity index is 1.65. The van der Waals surface area contributed by atoms with Crippen LogP contribution in [0.4, 0.5) is 0 Å². The Labute approximate surface area is 225 Å². The van der Waals surface area contributed by atoms with E-state index in [0.29, 0.717) is 35.3 Å². The first-order valence-electron chi connectivity index (χ1n) is 11.6.